The molecule has 4 aromatic rings. The molecule has 0 aliphatic carbocycles. The maximum Gasteiger partial charge on any atom is 0.305 e. The summed E-state index contributed by atoms with van der Waals surface area (Å²) in [6.07, 6.45) is -6.02. The van der Waals surface area contributed by atoms with Crippen molar-refractivity contribution >= 4 is 5.97 Å². The topological polar surface area (TPSA) is 72.5 Å². The van der Waals surface area contributed by atoms with Crippen LogP contribution in [0.15, 0.2) is 121 Å². The molecule has 7 heteroatoms. The SMILES string of the molecule is [2H]C(OC[C@H]1OC(OC(C)=O)[C@H](OC([2H])c2ccccc2)[C@@H](OC([2H])c2ccccc2)[C@H]1OC([2H])c1ccccc1)c1ccccc1. The molecule has 9 atom stereocenters. The number of esters is 1. The summed E-state index contributed by atoms with van der Waals surface area (Å²) in [4.78, 5) is 12.4. The second-order valence-electron chi connectivity index (χ2n) is 9.90. The van der Waals surface area contributed by atoms with Gasteiger partial charge in [-0.3, -0.25) is 4.79 Å². The van der Waals surface area contributed by atoms with Crippen LogP contribution >= 0.6 is 0 Å². The van der Waals surface area contributed by atoms with Crippen molar-refractivity contribution in [2.45, 2.75) is 64.0 Å². The molecule has 0 amide bonds. The smallest absolute Gasteiger partial charge is 0.305 e. The fourth-order valence-electron chi connectivity index (χ4n) is 4.57. The molecule has 43 heavy (non-hydrogen) atoms. The van der Waals surface area contributed by atoms with Gasteiger partial charge in [-0.2, -0.15) is 0 Å². The van der Waals surface area contributed by atoms with E-state index in [0.717, 1.165) is 0 Å². The van der Waals surface area contributed by atoms with E-state index in [-0.39, 0.29) is 6.61 Å². The molecular weight excluding hydrogens is 544 g/mol. The molecule has 1 fully saturated rings. The summed E-state index contributed by atoms with van der Waals surface area (Å²) in [5, 5.41) is 0. The summed E-state index contributed by atoms with van der Waals surface area (Å²) in [7, 11) is 0. The van der Waals surface area contributed by atoms with Crippen molar-refractivity contribution in [2.75, 3.05) is 6.61 Å². The largest absolute Gasteiger partial charge is 0.433 e. The Labute approximate surface area is 258 Å². The Balaban J connectivity index is 1.52. The van der Waals surface area contributed by atoms with Gasteiger partial charge in [0.25, 0.3) is 0 Å². The number of rotatable bonds is 14. The summed E-state index contributed by atoms with van der Waals surface area (Å²) in [5.41, 5.74) is 2.24. The van der Waals surface area contributed by atoms with E-state index in [9.17, 15) is 4.79 Å². The predicted molar refractivity (Wildman–Crippen MR) is 162 cm³/mol. The molecule has 0 radical (unpaired) electrons. The third-order valence-electron chi connectivity index (χ3n) is 6.64. The molecule has 7 nitrogen and oxygen atoms in total. The zero-order valence-corrected chi connectivity index (χ0v) is 23.8. The normalized spacial score (nSPS) is 26.0. The number of benzene rings is 4. The van der Waals surface area contributed by atoms with Crippen molar-refractivity contribution in [3.8, 4) is 0 Å². The monoisotopic (exact) mass is 586 g/mol. The summed E-state index contributed by atoms with van der Waals surface area (Å²) < 4.78 is 72.1. The quantitative estimate of drug-likeness (QED) is 0.162. The van der Waals surface area contributed by atoms with Crippen LogP contribution in [0.1, 0.15) is 34.7 Å². The Morgan fingerprint density at radius 1 is 0.605 bits per heavy atom. The average Bonchev–Trinajstić information content (AvgIpc) is 3.10. The van der Waals surface area contributed by atoms with E-state index in [4.69, 9.17) is 33.9 Å². The van der Waals surface area contributed by atoms with E-state index in [2.05, 4.69) is 0 Å². The molecule has 224 valence electrons. The lowest BCUT2D eigenvalue weighted by Crippen LogP contribution is -2.62. The van der Waals surface area contributed by atoms with Crippen LogP contribution < -0.4 is 0 Å². The summed E-state index contributed by atoms with van der Waals surface area (Å²) >= 11 is 0. The van der Waals surface area contributed by atoms with Crippen LogP contribution in [-0.2, 0) is 59.5 Å². The fraction of sp³-hybridized carbons (Fsp3) is 0.306. The number of carbonyl (C=O) groups is 1. The van der Waals surface area contributed by atoms with Crippen LogP contribution in [0, 0.1) is 0 Å². The minimum Gasteiger partial charge on any atom is -0.433 e. The van der Waals surface area contributed by atoms with Crippen molar-refractivity contribution in [3.05, 3.63) is 144 Å². The molecule has 5 rings (SSSR count). The first-order chi connectivity index (χ1) is 22.8. The molecule has 0 N–H and O–H groups in total. The van der Waals surface area contributed by atoms with Gasteiger partial charge in [0.1, 0.15) is 24.4 Å². The number of ether oxygens (including phenoxy) is 6. The highest BCUT2D eigenvalue weighted by molar-refractivity contribution is 5.66. The molecule has 0 spiro atoms. The molecular formula is C36H38O7. The van der Waals surface area contributed by atoms with Crippen LogP contribution in [0.2, 0.25) is 0 Å². The molecule has 5 unspecified atom stereocenters. The first-order valence-electron chi connectivity index (χ1n) is 16.4. The summed E-state index contributed by atoms with van der Waals surface area (Å²) in [6, 6.07) is 35.6. The maximum absolute atomic E-state index is 12.4. The van der Waals surface area contributed by atoms with Gasteiger partial charge in [-0.1, -0.05) is 121 Å². The first kappa shape index (κ1) is 25.6. The number of carbonyl (C=O) groups excluding carboxylic acids is 1. The zero-order valence-electron chi connectivity index (χ0n) is 27.8. The molecule has 1 saturated heterocycles. The molecule has 4 aromatic carbocycles. The fourth-order valence-corrected chi connectivity index (χ4v) is 4.57. The third-order valence-corrected chi connectivity index (χ3v) is 6.64. The van der Waals surface area contributed by atoms with E-state index in [1.54, 1.807) is 97.1 Å². The highest BCUT2D eigenvalue weighted by Gasteiger charge is 2.50. The van der Waals surface area contributed by atoms with Crippen LogP contribution in [0.4, 0.5) is 0 Å². The summed E-state index contributed by atoms with van der Waals surface area (Å²) in [6.45, 7) is -3.78. The maximum atomic E-state index is 12.4. The lowest BCUT2D eigenvalue weighted by atomic mass is 9.97. The Hall–Kier alpha value is -3.85. The lowest BCUT2D eigenvalue weighted by Gasteiger charge is -2.45. The molecule has 0 bridgehead atoms. The minimum atomic E-state index is -1.40. The Morgan fingerprint density at radius 2 is 1.00 bits per heavy atom. The predicted octanol–water partition coefficient (Wildman–Crippen LogP) is 6.25. The van der Waals surface area contributed by atoms with E-state index < -0.39 is 63.0 Å². The standard InChI is InChI=1S/C36H38O7/c1-27(37)42-36-35(41-25-31-20-12-5-13-21-31)34(40-24-30-18-10-4-11-19-30)33(39-23-29-16-8-3-9-17-29)32(43-36)26-38-22-28-14-6-2-7-15-28/h2-21,32-36H,22-26H2,1H3/t32-,33+,34+,35-,36?/m1/s1/i22D,23D,24D,25D/t22?,23?,24?,25?,32-,33+,34+,35-,36?. The molecule has 0 aromatic heterocycles. The van der Waals surface area contributed by atoms with Crippen molar-refractivity contribution in [3.63, 3.8) is 0 Å². The number of hydrogen-bond acceptors (Lipinski definition) is 7. The second-order valence-corrected chi connectivity index (χ2v) is 9.90. The van der Waals surface area contributed by atoms with Crippen LogP contribution in [0.5, 0.6) is 0 Å². The van der Waals surface area contributed by atoms with Gasteiger partial charge in [0.05, 0.1) is 38.4 Å². The van der Waals surface area contributed by atoms with E-state index in [1.165, 1.54) is 6.92 Å². The van der Waals surface area contributed by atoms with Gasteiger partial charge in [-0.15, -0.1) is 0 Å². The van der Waals surface area contributed by atoms with Crippen molar-refractivity contribution in [1.82, 2.24) is 0 Å². The molecule has 0 saturated carbocycles. The average molecular weight is 587 g/mol. The first-order valence-corrected chi connectivity index (χ1v) is 14.1. The van der Waals surface area contributed by atoms with E-state index in [0.29, 0.717) is 22.3 Å². The van der Waals surface area contributed by atoms with Gasteiger partial charge in [0.15, 0.2) is 0 Å². The Kier molecular flexibility index (Phi) is 9.61. The van der Waals surface area contributed by atoms with Crippen molar-refractivity contribution < 1.29 is 38.7 Å². The molecule has 1 aliphatic rings. The second kappa shape index (κ2) is 16.1. The van der Waals surface area contributed by atoms with Crippen LogP contribution in [0.3, 0.4) is 0 Å². The van der Waals surface area contributed by atoms with E-state index >= 15 is 0 Å². The van der Waals surface area contributed by atoms with Gasteiger partial charge >= 0.3 is 5.97 Å². The summed E-state index contributed by atoms with van der Waals surface area (Å²) in [5.74, 6) is -0.668. The van der Waals surface area contributed by atoms with E-state index in [1.807, 2.05) is 24.3 Å². The minimum absolute atomic E-state index is 0.212. The highest BCUT2D eigenvalue weighted by Crippen LogP contribution is 2.31. The lowest BCUT2D eigenvalue weighted by molar-refractivity contribution is -0.320. The van der Waals surface area contributed by atoms with Gasteiger partial charge in [0.2, 0.25) is 6.29 Å². The van der Waals surface area contributed by atoms with Crippen molar-refractivity contribution in [1.29, 1.82) is 0 Å². The van der Waals surface area contributed by atoms with Crippen LogP contribution in [0.25, 0.3) is 0 Å². The Morgan fingerprint density at radius 3 is 1.44 bits per heavy atom. The Bertz CT molecular complexity index is 1500. The zero-order chi connectivity index (χ0) is 33.2. The third kappa shape index (κ3) is 9.32. The highest BCUT2D eigenvalue weighted by atomic mass is 16.7. The molecule has 1 aliphatic heterocycles. The van der Waals surface area contributed by atoms with Gasteiger partial charge in [-0.05, 0) is 22.3 Å². The molecule has 1 heterocycles. The van der Waals surface area contributed by atoms with Crippen LogP contribution in [-0.4, -0.2) is 43.3 Å². The number of hydrogen-bond donors (Lipinski definition) is 0. The van der Waals surface area contributed by atoms with Crippen molar-refractivity contribution in [2.24, 2.45) is 0 Å². The van der Waals surface area contributed by atoms with Gasteiger partial charge < -0.3 is 28.4 Å². The van der Waals surface area contributed by atoms with Gasteiger partial charge in [-0.25, -0.2) is 0 Å². The van der Waals surface area contributed by atoms with Gasteiger partial charge in [0, 0.05) is 6.92 Å².